The van der Waals surface area contributed by atoms with E-state index in [1.165, 1.54) is 0 Å². The summed E-state index contributed by atoms with van der Waals surface area (Å²) >= 11 is 5.92. The lowest BCUT2D eigenvalue weighted by Gasteiger charge is -2.19. The van der Waals surface area contributed by atoms with E-state index in [9.17, 15) is 0 Å². The fraction of sp³-hybridized carbons (Fsp3) is 0.250. The standard InChI is InChI=1S/C16H18ClNO3/c1-19-14-7-4-8-15(20-2)16(14)13(18)10-21-12-6-3-5-11(17)9-12/h3-9,13H,10,18H2,1-2H3. The molecule has 0 radical (unpaired) electrons. The molecule has 0 aliphatic rings. The third kappa shape index (κ3) is 3.80. The summed E-state index contributed by atoms with van der Waals surface area (Å²) in [5.41, 5.74) is 7.00. The predicted molar refractivity (Wildman–Crippen MR) is 83.4 cm³/mol. The fourth-order valence-electron chi connectivity index (χ4n) is 2.07. The van der Waals surface area contributed by atoms with Crippen molar-refractivity contribution >= 4 is 11.6 Å². The second kappa shape index (κ2) is 7.20. The Hall–Kier alpha value is -1.91. The molecule has 0 aromatic heterocycles. The van der Waals surface area contributed by atoms with Crippen LogP contribution in [0.4, 0.5) is 0 Å². The summed E-state index contributed by atoms with van der Waals surface area (Å²) in [5, 5.41) is 0.621. The molecule has 1 unspecified atom stereocenters. The summed E-state index contributed by atoms with van der Waals surface area (Å²) in [4.78, 5) is 0. The molecule has 0 amide bonds. The van der Waals surface area contributed by atoms with E-state index in [4.69, 9.17) is 31.5 Å². The van der Waals surface area contributed by atoms with Crippen molar-refractivity contribution in [3.8, 4) is 17.2 Å². The lowest BCUT2D eigenvalue weighted by atomic mass is 10.1. The maximum absolute atomic E-state index is 6.22. The van der Waals surface area contributed by atoms with Crippen LogP contribution in [0.25, 0.3) is 0 Å². The van der Waals surface area contributed by atoms with E-state index < -0.39 is 0 Å². The second-order valence-corrected chi connectivity index (χ2v) is 4.89. The number of nitrogens with two attached hydrogens (primary N) is 1. The lowest BCUT2D eigenvalue weighted by Crippen LogP contribution is -2.20. The minimum Gasteiger partial charge on any atom is -0.496 e. The van der Waals surface area contributed by atoms with Gasteiger partial charge in [-0.25, -0.2) is 0 Å². The van der Waals surface area contributed by atoms with E-state index >= 15 is 0 Å². The summed E-state index contributed by atoms with van der Waals surface area (Å²) in [6.07, 6.45) is 0. The van der Waals surface area contributed by atoms with Crippen molar-refractivity contribution in [2.45, 2.75) is 6.04 Å². The minimum absolute atomic E-state index is 0.289. The smallest absolute Gasteiger partial charge is 0.127 e. The Balaban J connectivity index is 2.15. The Bertz CT molecular complexity index is 582. The monoisotopic (exact) mass is 307 g/mol. The van der Waals surface area contributed by atoms with Gasteiger partial charge in [0.25, 0.3) is 0 Å². The average Bonchev–Trinajstić information content (AvgIpc) is 2.51. The van der Waals surface area contributed by atoms with Crippen LogP contribution in [0.1, 0.15) is 11.6 Å². The zero-order valence-corrected chi connectivity index (χ0v) is 12.8. The van der Waals surface area contributed by atoms with E-state index in [0.29, 0.717) is 22.3 Å². The molecule has 21 heavy (non-hydrogen) atoms. The zero-order valence-electron chi connectivity index (χ0n) is 12.0. The molecule has 0 saturated carbocycles. The third-order valence-electron chi connectivity index (χ3n) is 3.06. The highest BCUT2D eigenvalue weighted by Gasteiger charge is 2.18. The number of rotatable bonds is 6. The van der Waals surface area contributed by atoms with E-state index in [-0.39, 0.29) is 12.6 Å². The molecule has 0 saturated heterocycles. The molecule has 2 rings (SSSR count). The van der Waals surface area contributed by atoms with Gasteiger partial charge in [0.15, 0.2) is 0 Å². The maximum atomic E-state index is 6.22. The first-order valence-corrected chi connectivity index (χ1v) is 6.88. The van der Waals surface area contributed by atoms with Gasteiger partial charge in [0.1, 0.15) is 23.9 Å². The number of halogens is 1. The molecule has 1 atom stereocenters. The second-order valence-electron chi connectivity index (χ2n) is 4.45. The molecule has 0 fully saturated rings. The molecule has 5 heteroatoms. The van der Waals surface area contributed by atoms with Gasteiger partial charge in [-0.15, -0.1) is 0 Å². The number of hydrogen-bond acceptors (Lipinski definition) is 4. The summed E-state index contributed by atoms with van der Waals surface area (Å²) in [7, 11) is 3.20. The van der Waals surface area contributed by atoms with Crippen molar-refractivity contribution in [2.75, 3.05) is 20.8 Å². The van der Waals surface area contributed by atoms with Crippen LogP contribution in [0.5, 0.6) is 17.2 Å². The molecular weight excluding hydrogens is 290 g/mol. The van der Waals surface area contributed by atoms with Crippen LogP contribution >= 0.6 is 11.6 Å². The van der Waals surface area contributed by atoms with Gasteiger partial charge in [-0.2, -0.15) is 0 Å². The summed E-state index contributed by atoms with van der Waals surface area (Å²) in [5.74, 6) is 2.03. The van der Waals surface area contributed by atoms with Crippen LogP contribution in [-0.4, -0.2) is 20.8 Å². The molecule has 0 heterocycles. The molecule has 2 N–H and O–H groups in total. The predicted octanol–water partition coefficient (Wildman–Crippen LogP) is 3.44. The van der Waals surface area contributed by atoms with Crippen molar-refractivity contribution in [2.24, 2.45) is 5.73 Å². The summed E-state index contributed by atoms with van der Waals surface area (Å²) in [6, 6.07) is 12.4. The van der Waals surface area contributed by atoms with Crippen molar-refractivity contribution in [3.05, 3.63) is 53.1 Å². The molecule has 0 spiro atoms. The van der Waals surface area contributed by atoms with Gasteiger partial charge in [-0.3, -0.25) is 0 Å². The Morgan fingerprint density at radius 1 is 1.05 bits per heavy atom. The van der Waals surface area contributed by atoms with Crippen LogP contribution < -0.4 is 19.9 Å². The first-order valence-electron chi connectivity index (χ1n) is 6.50. The highest BCUT2D eigenvalue weighted by atomic mass is 35.5. The van der Waals surface area contributed by atoms with Gasteiger partial charge in [-0.1, -0.05) is 23.7 Å². The van der Waals surface area contributed by atoms with Crippen molar-refractivity contribution in [1.82, 2.24) is 0 Å². The first kappa shape index (κ1) is 15.5. The van der Waals surface area contributed by atoms with Gasteiger partial charge in [0.05, 0.1) is 25.8 Å². The summed E-state index contributed by atoms with van der Waals surface area (Å²) < 4.78 is 16.4. The van der Waals surface area contributed by atoms with E-state index in [1.54, 1.807) is 26.4 Å². The number of hydrogen-bond donors (Lipinski definition) is 1. The molecule has 2 aromatic carbocycles. The largest absolute Gasteiger partial charge is 0.496 e. The van der Waals surface area contributed by atoms with E-state index in [0.717, 1.165) is 5.56 Å². The molecule has 0 aliphatic carbocycles. The number of benzene rings is 2. The van der Waals surface area contributed by atoms with Crippen molar-refractivity contribution in [1.29, 1.82) is 0 Å². The molecule has 2 aromatic rings. The van der Waals surface area contributed by atoms with Gasteiger partial charge in [-0.05, 0) is 30.3 Å². The first-order chi connectivity index (χ1) is 10.2. The van der Waals surface area contributed by atoms with Crippen LogP contribution in [0.15, 0.2) is 42.5 Å². The van der Waals surface area contributed by atoms with Gasteiger partial charge in [0, 0.05) is 5.02 Å². The van der Waals surface area contributed by atoms with Gasteiger partial charge in [0.2, 0.25) is 0 Å². The Labute approximate surface area is 129 Å². The normalized spacial score (nSPS) is 11.8. The number of methoxy groups -OCH3 is 2. The Morgan fingerprint density at radius 3 is 2.24 bits per heavy atom. The topological polar surface area (TPSA) is 53.7 Å². The van der Waals surface area contributed by atoms with Gasteiger partial charge < -0.3 is 19.9 Å². The average molecular weight is 308 g/mol. The van der Waals surface area contributed by atoms with Gasteiger partial charge >= 0.3 is 0 Å². The highest BCUT2D eigenvalue weighted by Crippen LogP contribution is 2.33. The summed E-state index contributed by atoms with van der Waals surface area (Å²) in [6.45, 7) is 0.289. The third-order valence-corrected chi connectivity index (χ3v) is 3.30. The quantitative estimate of drug-likeness (QED) is 0.888. The SMILES string of the molecule is COc1cccc(OC)c1C(N)COc1cccc(Cl)c1. The highest BCUT2D eigenvalue weighted by molar-refractivity contribution is 6.30. The van der Waals surface area contributed by atoms with Crippen molar-refractivity contribution in [3.63, 3.8) is 0 Å². The van der Waals surface area contributed by atoms with Crippen LogP contribution in [-0.2, 0) is 0 Å². The van der Waals surface area contributed by atoms with Crippen molar-refractivity contribution < 1.29 is 14.2 Å². The fourth-order valence-corrected chi connectivity index (χ4v) is 2.25. The Kier molecular flexibility index (Phi) is 5.31. The molecule has 4 nitrogen and oxygen atoms in total. The van der Waals surface area contributed by atoms with Crippen LogP contribution in [0.2, 0.25) is 5.02 Å². The number of ether oxygens (including phenoxy) is 3. The molecule has 112 valence electrons. The Morgan fingerprint density at radius 2 is 1.67 bits per heavy atom. The van der Waals surface area contributed by atoms with Crippen LogP contribution in [0, 0.1) is 0 Å². The molecule has 0 bridgehead atoms. The lowest BCUT2D eigenvalue weighted by molar-refractivity contribution is 0.281. The van der Waals surface area contributed by atoms with E-state index in [1.807, 2.05) is 30.3 Å². The van der Waals surface area contributed by atoms with Crippen LogP contribution in [0.3, 0.4) is 0 Å². The molecule has 0 aliphatic heterocycles. The minimum atomic E-state index is -0.380. The zero-order chi connectivity index (χ0) is 15.2. The molecular formula is C16H18ClNO3. The maximum Gasteiger partial charge on any atom is 0.127 e. The van der Waals surface area contributed by atoms with E-state index in [2.05, 4.69) is 0 Å².